The van der Waals surface area contributed by atoms with Gasteiger partial charge >= 0.3 is 0 Å². The summed E-state index contributed by atoms with van der Waals surface area (Å²) in [6.07, 6.45) is 5.57. The molecule has 0 bridgehead atoms. The van der Waals surface area contributed by atoms with E-state index in [1.807, 2.05) is 0 Å². The highest BCUT2D eigenvalue weighted by molar-refractivity contribution is 8.00. The van der Waals surface area contributed by atoms with Crippen LogP contribution >= 0.6 is 11.8 Å². The highest BCUT2D eigenvalue weighted by Crippen LogP contribution is 2.27. The third-order valence-corrected chi connectivity index (χ3v) is 4.55. The van der Waals surface area contributed by atoms with Crippen LogP contribution in [0.2, 0.25) is 0 Å². The van der Waals surface area contributed by atoms with E-state index in [1.54, 1.807) is 24.0 Å². The molecule has 3 aromatic rings. The van der Waals surface area contributed by atoms with Crippen LogP contribution in [0.15, 0.2) is 32.9 Å². The molecule has 0 aliphatic carbocycles. The molecule has 10 nitrogen and oxygen atoms in total. The van der Waals surface area contributed by atoms with Crippen LogP contribution in [0, 0.1) is 6.92 Å². The molecule has 0 aromatic carbocycles. The highest BCUT2D eigenvalue weighted by atomic mass is 32.2. The molecule has 3 heterocycles. The van der Waals surface area contributed by atoms with Crippen molar-refractivity contribution in [2.45, 2.75) is 50.1 Å². The van der Waals surface area contributed by atoms with Crippen molar-refractivity contribution in [1.29, 1.82) is 0 Å². The van der Waals surface area contributed by atoms with Gasteiger partial charge in [-0.15, -0.1) is 10.2 Å². The van der Waals surface area contributed by atoms with E-state index in [0.717, 1.165) is 12.8 Å². The minimum absolute atomic E-state index is 0.173. The van der Waals surface area contributed by atoms with Gasteiger partial charge in [-0.3, -0.25) is 4.79 Å². The van der Waals surface area contributed by atoms with Gasteiger partial charge in [-0.2, -0.15) is 5.10 Å². The lowest BCUT2D eigenvalue weighted by Crippen LogP contribution is -2.25. The number of nitrogens with one attached hydrogen (secondary N) is 1. The minimum Gasteiger partial charge on any atom is -0.414 e. The molecule has 3 rings (SSSR count). The standard InChI is InChI=1S/C15H19N7O3S/c1-3-4-5-11(14(23)18-12-6-10(2)25-21-12)26-15-20-19-13(24-15)7-22-9-16-8-17-22/h6,8-9,11H,3-5,7H2,1-2H3,(H,18,21,23). The van der Waals surface area contributed by atoms with Crippen molar-refractivity contribution in [1.82, 2.24) is 30.1 Å². The zero-order valence-electron chi connectivity index (χ0n) is 14.5. The summed E-state index contributed by atoms with van der Waals surface area (Å²) in [5.74, 6) is 1.26. The van der Waals surface area contributed by atoms with Gasteiger partial charge in [-0.05, 0) is 13.3 Å². The highest BCUT2D eigenvalue weighted by Gasteiger charge is 2.23. The second kappa shape index (κ2) is 8.61. The van der Waals surface area contributed by atoms with Crippen molar-refractivity contribution in [2.75, 3.05) is 5.32 Å². The minimum atomic E-state index is -0.369. The second-order valence-electron chi connectivity index (χ2n) is 5.62. The Morgan fingerprint density at radius 3 is 3.00 bits per heavy atom. The first kappa shape index (κ1) is 18.1. The average Bonchev–Trinajstić information content (AvgIpc) is 3.35. The van der Waals surface area contributed by atoms with E-state index in [2.05, 4.69) is 37.7 Å². The fourth-order valence-corrected chi connectivity index (χ4v) is 3.12. The van der Waals surface area contributed by atoms with Gasteiger partial charge in [0.2, 0.25) is 11.8 Å². The average molecular weight is 377 g/mol. The van der Waals surface area contributed by atoms with E-state index in [-0.39, 0.29) is 11.2 Å². The van der Waals surface area contributed by atoms with Crippen molar-refractivity contribution < 1.29 is 13.7 Å². The van der Waals surface area contributed by atoms with Crippen molar-refractivity contribution in [3.8, 4) is 0 Å². The molecule has 26 heavy (non-hydrogen) atoms. The summed E-state index contributed by atoms with van der Waals surface area (Å²) in [7, 11) is 0. The van der Waals surface area contributed by atoms with Crippen molar-refractivity contribution in [2.24, 2.45) is 0 Å². The molecule has 1 amide bonds. The van der Waals surface area contributed by atoms with Crippen LogP contribution in [0.3, 0.4) is 0 Å². The molecule has 0 saturated heterocycles. The Balaban J connectivity index is 1.63. The Morgan fingerprint density at radius 2 is 2.31 bits per heavy atom. The summed E-state index contributed by atoms with van der Waals surface area (Å²) in [4.78, 5) is 16.4. The lowest BCUT2D eigenvalue weighted by molar-refractivity contribution is -0.115. The number of hydrogen-bond donors (Lipinski definition) is 1. The number of hydrogen-bond acceptors (Lipinski definition) is 9. The number of carbonyl (C=O) groups is 1. The fraction of sp³-hybridized carbons (Fsp3) is 0.467. The Labute approximate surface area is 153 Å². The van der Waals surface area contributed by atoms with Crippen molar-refractivity contribution in [3.63, 3.8) is 0 Å². The molecule has 0 radical (unpaired) electrons. The van der Waals surface area contributed by atoms with E-state index in [0.29, 0.717) is 35.7 Å². The molecule has 0 aliphatic heterocycles. The number of unbranched alkanes of at least 4 members (excludes halogenated alkanes) is 1. The van der Waals surface area contributed by atoms with Gasteiger partial charge < -0.3 is 14.3 Å². The van der Waals surface area contributed by atoms with Gasteiger partial charge in [0, 0.05) is 6.07 Å². The van der Waals surface area contributed by atoms with E-state index >= 15 is 0 Å². The number of aromatic nitrogens is 6. The number of nitrogens with zero attached hydrogens (tertiary/aromatic N) is 6. The van der Waals surface area contributed by atoms with E-state index in [4.69, 9.17) is 8.94 Å². The lowest BCUT2D eigenvalue weighted by Gasteiger charge is -2.12. The molecular weight excluding hydrogens is 358 g/mol. The van der Waals surface area contributed by atoms with Crippen LogP contribution in [0.1, 0.15) is 37.8 Å². The van der Waals surface area contributed by atoms with Crippen LogP contribution in [0.4, 0.5) is 5.82 Å². The molecule has 0 fully saturated rings. The van der Waals surface area contributed by atoms with Crippen LogP contribution in [-0.4, -0.2) is 41.3 Å². The van der Waals surface area contributed by atoms with Gasteiger partial charge in [0.05, 0.1) is 5.25 Å². The summed E-state index contributed by atoms with van der Waals surface area (Å²) in [5.41, 5.74) is 0. The maximum absolute atomic E-state index is 12.6. The Kier molecular flexibility index (Phi) is 6.00. The number of amides is 1. The van der Waals surface area contributed by atoms with Gasteiger partial charge in [0.25, 0.3) is 5.22 Å². The van der Waals surface area contributed by atoms with Gasteiger partial charge in [0.1, 0.15) is 25.0 Å². The molecule has 0 aliphatic rings. The first-order valence-corrected chi connectivity index (χ1v) is 9.07. The lowest BCUT2D eigenvalue weighted by atomic mass is 10.2. The maximum Gasteiger partial charge on any atom is 0.277 e. The van der Waals surface area contributed by atoms with E-state index < -0.39 is 0 Å². The first-order chi connectivity index (χ1) is 12.6. The number of thioether (sulfide) groups is 1. The van der Waals surface area contributed by atoms with E-state index in [1.165, 1.54) is 18.1 Å². The van der Waals surface area contributed by atoms with Gasteiger partial charge in [0.15, 0.2) is 5.82 Å². The molecule has 1 unspecified atom stereocenters. The third-order valence-electron chi connectivity index (χ3n) is 3.45. The summed E-state index contributed by atoms with van der Waals surface area (Å²) in [6.45, 7) is 4.17. The molecule has 0 spiro atoms. The van der Waals surface area contributed by atoms with Gasteiger partial charge in [-0.1, -0.05) is 36.7 Å². The molecule has 0 saturated carbocycles. The largest absolute Gasteiger partial charge is 0.414 e. The topological polar surface area (TPSA) is 125 Å². The summed E-state index contributed by atoms with van der Waals surface area (Å²) < 4.78 is 12.2. The van der Waals surface area contributed by atoms with Crippen molar-refractivity contribution >= 4 is 23.5 Å². The zero-order valence-corrected chi connectivity index (χ0v) is 15.3. The van der Waals surface area contributed by atoms with Crippen LogP contribution in [0.5, 0.6) is 0 Å². The fourth-order valence-electron chi connectivity index (χ4n) is 2.19. The third kappa shape index (κ3) is 4.91. The zero-order chi connectivity index (χ0) is 18.4. The SMILES string of the molecule is CCCCC(Sc1nnc(Cn2cncn2)o1)C(=O)Nc1cc(C)on1. The number of aryl methyl sites for hydroxylation is 1. The van der Waals surface area contributed by atoms with Crippen LogP contribution in [0.25, 0.3) is 0 Å². The quantitative estimate of drug-likeness (QED) is 0.559. The smallest absolute Gasteiger partial charge is 0.277 e. The summed E-state index contributed by atoms with van der Waals surface area (Å²) >= 11 is 1.24. The molecule has 3 aromatic heterocycles. The van der Waals surface area contributed by atoms with Crippen molar-refractivity contribution in [3.05, 3.63) is 30.4 Å². The number of rotatable bonds is 9. The van der Waals surface area contributed by atoms with Gasteiger partial charge in [-0.25, -0.2) is 9.67 Å². The first-order valence-electron chi connectivity index (χ1n) is 8.19. The molecular formula is C15H19N7O3S. The molecule has 1 atom stereocenters. The summed E-state index contributed by atoms with van der Waals surface area (Å²) in [6, 6.07) is 1.67. The second-order valence-corrected chi connectivity index (χ2v) is 6.77. The monoisotopic (exact) mass is 377 g/mol. The summed E-state index contributed by atoms with van der Waals surface area (Å²) in [5, 5.41) is 18.5. The molecule has 138 valence electrons. The maximum atomic E-state index is 12.6. The Morgan fingerprint density at radius 1 is 1.42 bits per heavy atom. The Hall–Kier alpha value is -2.69. The number of carbonyl (C=O) groups excluding carboxylic acids is 1. The predicted octanol–water partition coefficient (Wildman–Crippen LogP) is 2.30. The number of anilines is 1. The van der Waals surface area contributed by atoms with Crippen LogP contribution in [-0.2, 0) is 11.3 Å². The molecule has 11 heteroatoms. The Bertz CT molecular complexity index is 830. The van der Waals surface area contributed by atoms with Crippen LogP contribution < -0.4 is 5.32 Å². The normalized spacial score (nSPS) is 12.2. The molecule has 1 N–H and O–H groups in total. The van der Waals surface area contributed by atoms with E-state index in [9.17, 15) is 4.79 Å². The predicted molar refractivity (Wildman–Crippen MR) is 92.5 cm³/mol.